The fourth-order valence-corrected chi connectivity index (χ4v) is 3.15. The molecule has 0 aromatic rings. The molecule has 0 saturated heterocycles. The van der Waals surface area contributed by atoms with E-state index in [9.17, 15) is 0 Å². The molecule has 0 saturated carbocycles. The first-order valence-corrected chi connectivity index (χ1v) is 7.88. The summed E-state index contributed by atoms with van der Waals surface area (Å²) < 4.78 is 0. The van der Waals surface area contributed by atoms with Crippen LogP contribution in [-0.4, -0.2) is 6.00 Å². The SMILES string of the molecule is C/C=C(/C)C[Si](Cl)(Cl)Cl. The van der Waals surface area contributed by atoms with Crippen molar-refractivity contribution in [3.05, 3.63) is 11.6 Å². The summed E-state index contributed by atoms with van der Waals surface area (Å²) in [7, 11) is 0. The van der Waals surface area contributed by atoms with Crippen LogP contribution in [0.5, 0.6) is 0 Å². The average Bonchev–Trinajstić information content (AvgIpc) is 1.62. The molecule has 0 aromatic carbocycles. The van der Waals surface area contributed by atoms with Crippen molar-refractivity contribution in [2.75, 3.05) is 0 Å². The molecule has 0 heterocycles. The Morgan fingerprint density at radius 2 is 1.89 bits per heavy atom. The lowest BCUT2D eigenvalue weighted by molar-refractivity contribution is 1.34. The van der Waals surface area contributed by atoms with E-state index in [4.69, 9.17) is 33.2 Å². The third kappa shape index (κ3) is 6.72. The molecule has 9 heavy (non-hydrogen) atoms. The summed E-state index contributed by atoms with van der Waals surface area (Å²) >= 11 is 16.9. The summed E-state index contributed by atoms with van der Waals surface area (Å²) in [5.41, 5.74) is 1.15. The van der Waals surface area contributed by atoms with Crippen molar-refractivity contribution in [2.45, 2.75) is 19.9 Å². The van der Waals surface area contributed by atoms with Gasteiger partial charge in [-0.15, -0.1) is 33.2 Å². The van der Waals surface area contributed by atoms with Crippen molar-refractivity contribution in [1.82, 2.24) is 0 Å². The normalized spacial score (nSPS) is 14.1. The predicted molar refractivity (Wildman–Crippen MR) is 47.6 cm³/mol. The van der Waals surface area contributed by atoms with Crippen LogP contribution in [-0.2, 0) is 0 Å². The van der Waals surface area contributed by atoms with E-state index in [0.717, 1.165) is 5.57 Å². The minimum atomic E-state index is -2.39. The highest BCUT2D eigenvalue weighted by atomic mass is 35.8. The van der Waals surface area contributed by atoms with Gasteiger partial charge >= 0.3 is 6.00 Å². The molecule has 0 aliphatic carbocycles. The summed E-state index contributed by atoms with van der Waals surface area (Å²) in [6, 6.07) is -1.75. The average molecular weight is 204 g/mol. The van der Waals surface area contributed by atoms with E-state index in [1.807, 2.05) is 19.9 Å². The highest BCUT2D eigenvalue weighted by molar-refractivity contribution is 7.64. The van der Waals surface area contributed by atoms with E-state index in [0.29, 0.717) is 6.04 Å². The first kappa shape index (κ1) is 9.83. The topological polar surface area (TPSA) is 0 Å². The van der Waals surface area contributed by atoms with Crippen LogP contribution < -0.4 is 0 Å². The second kappa shape index (κ2) is 3.87. The van der Waals surface area contributed by atoms with Crippen LogP contribution in [0.1, 0.15) is 13.8 Å². The first-order valence-electron chi connectivity index (χ1n) is 2.64. The van der Waals surface area contributed by atoms with Crippen LogP contribution >= 0.6 is 33.2 Å². The maximum Gasteiger partial charge on any atom is 0.345 e. The Morgan fingerprint density at radius 3 is 2.00 bits per heavy atom. The van der Waals surface area contributed by atoms with E-state index >= 15 is 0 Å². The molecule has 4 heteroatoms. The first-order chi connectivity index (χ1) is 3.95. The zero-order valence-corrected chi connectivity index (χ0v) is 8.69. The second-order valence-corrected chi connectivity index (χ2v) is 11.1. The highest BCUT2D eigenvalue weighted by Gasteiger charge is 2.24. The Bertz CT molecular complexity index is 114. The van der Waals surface area contributed by atoms with Gasteiger partial charge in [0.05, 0.1) is 0 Å². The van der Waals surface area contributed by atoms with Gasteiger partial charge in [-0.05, 0) is 13.8 Å². The third-order valence-corrected chi connectivity index (χ3v) is 3.13. The van der Waals surface area contributed by atoms with Gasteiger partial charge in [-0.25, -0.2) is 0 Å². The summed E-state index contributed by atoms with van der Waals surface area (Å²) in [6.07, 6.45) is 1.97. The molecular formula is C5H9Cl3Si. The van der Waals surface area contributed by atoms with Gasteiger partial charge in [0.1, 0.15) is 0 Å². The van der Waals surface area contributed by atoms with Crippen LogP contribution in [0.25, 0.3) is 0 Å². The minimum absolute atomic E-state index is 0.647. The fourth-order valence-electron chi connectivity index (χ4n) is 0.418. The van der Waals surface area contributed by atoms with Gasteiger partial charge in [0.15, 0.2) is 0 Å². The lowest BCUT2D eigenvalue weighted by Crippen LogP contribution is -2.08. The van der Waals surface area contributed by atoms with Crippen molar-refractivity contribution >= 4 is 39.2 Å². The molecule has 0 bridgehead atoms. The zero-order valence-electron chi connectivity index (χ0n) is 5.42. The van der Waals surface area contributed by atoms with Crippen molar-refractivity contribution < 1.29 is 0 Å². The molecular weight excluding hydrogens is 194 g/mol. The van der Waals surface area contributed by atoms with E-state index in [1.165, 1.54) is 0 Å². The predicted octanol–water partition coefficient (Wildman–Crippen LogP) is 3.61. The number of rotatable bonds is 2. The van der Waals surface area contributed by atoms with E-state index in [2.05, 4.69) is 0 Å². The molecule has 0 rings (SSSR count). The second-order valence-electron chi connectivity index (χ2n) is 1.93. The Hall–Kier alpha value is 0.827. The minimum Gasteiger partial charge on any atom is -0.126 e. The number of hydrogen-bond acceptors (Lipinski definition) is 0. The van der Waals surface area contributed by atoms with Crippen molar-refractivity contribution in [3.63, 3.8) is 0 Å². The smallest absolute Gasteiger partial charge is 0.126 e. The standard InChI is InChI=1S/C5H9Cl3Si/c1-3-5(2)4-9(6,7)8/h3H,4H2,1-2H3/b5-3-. The van der Waals surface area contributed by atoms with Crippen LogP contribution in [0.15, 0.2) is 11.6 Å². The van der Waals surface area contributed by atoms with Crippen molar-refractivity contribution in [3.8, 4) is 0 Å². The third-order valence-electron chi connectivity index (χ3n) is 0.972. The molecule has 0 nitrogen and oxygen atoms in total. The zero-order chi connectivity index (χ0) is 7.49. The lowest BCUT2D eigenvalue weighted by atomic mass is 10.3. The quantitative estimate of drug-likeness (QED) is 0.365. The van der Waals surface area contributed by atoms with Gasteiger partial charge in [0.25, 0.3) is 0 Å². The van der Waals surface area contributed by atoms with Crippen molar-refractivity contribution in [2.24, 2.45) is 0 Å². The van der Waals surface area contributed by atoms with Gasteiger partial charge in [-0.1, -0.05) is 11.6 Å². The molecule has 0 aliphatic rings. The van der Waals surface area contributed by atoms with Gasteiger partial charge in [-0.3, -0.25) is 0 Å². The molecule has 0 aromatic heterocycles. The number of halogens is 3. The summed E-state index contributed by atoms with van der Waals surface area (Å²) in [5, 5.41) is 0. The number of allylic oxidation sites excluding steroid dienone is 2. The van der Waals surface area contributed by atoms with Gasteiger partial charge < -0.3 is 0 Å². The molecule has 0 atom stereocenters. The van der Waals surface area contributed by atoms with Gasteiger partial charge in [-0.2, -0.15) is 0 Å². The highest BCUT2D eigenvalue weighted by Crippen LogP contribution is 2.28. The molecule has 0 fully saturated rings. The molecule has 0 unspecified atom stereocenters. The maximum absolute atomic E-state index is 5.64. The Balaban J connectivity index is 3.75. The number of hydrogen-bond donors (Lipinski definition) is 0. The molecule has 0 amide bonds. The van der Waals surface area contributed by atoms with Crippen molar-refractivity contribution in [1.29, 1.82) is 0 Å². The Morgan fingerprint density at radius 1 is 1.44 bits per heavy atom. The van der Waals surface area contributed by atoms with Crippen LogP contribution in [0.3, 0.4) is 0 Å². The van der Waals surface area contributed by atoms with Crippen LogP contribution in [0.2, 0.25) is 6.04 Å². The van der Waals surface area contributed by atoms with E-state index in [1.54, 1.807) is 0 Å². The van der Waals surface area contributed by atoms with E-state index in [-0.39, 0.29) is 0 Å². The molecule has 0 N–H and O–H groups in total. The molecule has 0 radical (unpaired) electrons. The van der Waals surface area contributed by atoms with Gasteiger partial charge in [0, 0.05) is 6.04 Å². The van der Waals surface area contributed by atoms with Gasteiger partial charge in [0.2, 0.25) is 0 Å². The largest absolute Gasteiger partial charge is 0.345 e. The lowest BCUT2D eigenvalue weighted by Gasteiger charge is -2.05. The van der Waals surface area contributed by atoms with Crippen LogP contribution in [0, 0.1) is 0 Å². The maximum atomic E-state index is 5.64. The molecule has 54 valence electrons. The summed E-state index contributed by atoms with van der Waals surface area (Å²) in [6.45, 7) is 3.91. The summed E-state index contributed by atoms with van der Waals surface area (Å²) in [5.74, 6) is 0. The Kier molecular flexibility index (Phi) is 4.22. The van der Waals surface area contributed by atoms with Crippen LogP contribution in [0.4, 0.5) is 0 Å². The van der Waals surface area contributed by atoms with E-state index < -0.39 is 6.00 Å². The molecule has 0 spiro atoms. The Labute approximate surface area is 70.9 Å². The fraction of sp³-hybridized carbons (Fsp3) is 0.600. The monoisotopic (exact) mass is 202 g/mol. The molecule has 0 aliphatic heterocycles. The summed E-state index contributed by atoms with van der Waals surface area (Å²) in [4.78, 5) is 0.